The van der Waals surface area contributed by atoms with E-state index in [1.165, 1.54) is 43.2 Å². The maximum atomic E-state index is 10.8. The summed E-state index contributed by atoms with van der Waals surface area (Å²) in [5.74, 6) is 30.6. The van der Waals surface area contributed by atoms with Gasteiger partial charge in [-0.15, -0.1) is 0 Å². The van der Waals surface area contributed by atoms with E-state index in [1.54, 1.807) is 66.7 Å². The first kappa shape index (κ1) is 72.6. The summed E-state index contributed by atoms with van der Waals surface area (Å²) in [5.41, 5.74) is 35.4. The third-order valence-electron chi connectivity index (χ3n) is 14.0. The van der Waals surface area contributed by atoms with Gasteiger partial charge in [0.15, 0.2) is 0 Å². The number of nitro groups is 5. The van der Waals surface area contributed by atoms with Crippen molar-refractivity contribution in [3.05, 3.63) is 282 Å². The SMILES string of the molecule is Cc1cc(C#N)ccc1C#Cc1cc([N+](=O)[O-])cnc1N.Cn1ccc(C#Cc2cc([N+](=O)[O-])cnc2N)n1.Nc1ncc([N+](=O)[O-])cc1C#Cc1ccccc1.Nc1ncc([N+](=O)[O-])cc1C#Cc1ccnc(C2CC2)c1.Nc1ncc([N+](=O)[O-])cc1C#Cc1ccnc(N2CCOCC2)c1. The number of nitrogens with zero attached hydrogens (tertiary/aromatic N) is 16. The Labute approximate surface area is 580 Å². The Balaban J connectivity index is 0.000000162. The van der Waals surface area contributed by atoms with E-state index in [9.17, 15) is 50.6 Å². The second-order valence-electron chi connectivity index (χ2n) is 21.3. The van der Waals surface area contributed by atoms with E-state index in [4.69, 9.17) is 38.7 Å². The molecule has 2 aliphatic rings. The summed E-state index contributed by atoms with van der Waals surface area (Å²) in [7, 11) is 1.77. The van der Waals surface area contributed by atoms with Crippen LogP contribution in [0.2, 0.25) is 0 Å². The predicted octanol–water partition coefficient (Wildman–Crippen LogP) is 8.28. The Hall–Kier alpha value is -15.3. The summed E-state index contributed by atoms with van der Waals surface area (Å²) in [6, 6.07) is 32.1. The monoisotopic (exact) mass is 1370 g/mol. The molecule has 1 saturated heterocycles. The molecule has 0 spiro atoms. The predicted molar refractivity (Wildman–Crippen MR) is 375 cm³/mol. The fraction of sp³-hybridized carbons (Fsp3) is 0.129. The average Bonchev–Trinajstić information content (AvgIpc) is 1.57. The summed E-state index contributed by atoms with van der Waals surface area (Å²) < 4.78 is 6.94. The molecule has 1 saturated carbocycles. The number of pyridine rings is 7. The highest BCUT2D eigenvalue weighted by atomic mass is 16.6. The summed E-state index contributed by atoms with van der Waals surface area (Å²) in [5, 5.41) is 66.3. The molecule has 2 fully saturated rings. The van der Waals surface area contributed by atoms with Gasteiger partial charge in [-0.05, 0) is 91.9 Å². The molecule has 12 rings (SSSR count). The molecule has 8 aromatic heterocycles. The summed E-state index contributed by atoms with van der Waals surface area (Å²) in [4.78, 5) is 80.4. The first-order valence-corrected chi connectivity index (χ1v) is 29.9. The van der Waals surface area contributed by atoms with Gasteiger partial charge in [0.05, 0.1) is 77.3 Å². The Morgan fingerprint density at radius 2 is 0.853 bits per heavy atom. The van der Waals surface area contributed by atoms with Gasteiger partial charge in [-0.1, -0.05) is 71.5 Å². The number of nitriles is 1. The molecular formula is C70H55N21O11. The number of aryl methyl sites for hydroxylation is 2. The van der Waals surface area contributed by atoms with Gasteiger partial charge in [-0.3, -0.25) is 60.2 Å². The smallest absolute Gasteiger partial charge is 0.288 e. The van der Waals surface area contributed by atoms with Crippen LogP contribution in [-0.2, 0) is 11.8 Å². The number of rotatable bonds is 7. The number of nitrogens with two attached hydrogens (primary N) is 5. The molecule has 0 radical (unpaired) electrons. The van der Waals surface area contributed by atoms with Crippen molar-refractivity contribution < 1.29 is 29.4 Å². The molecule has 10 N–H and O–H groups in total. The van der Waals surface area contributed by atoms with E-state index >= 15 is 0 Å². The van der Waals surface area contributed by atoms with E-state index in [1.807, 2.05) is 55.5 Å². The molecule has 506 valence electrons. The van der Waals surface area contributed by atoms with Crippen LogP contribution in [0.1, 0.15) is 91.3 Å². The maximum absolute atomic E-state index is 10.8. The van der Waals surface area contributed by atoms with Gasteiger partial charge in [-0.25, -0.2) is 29.9 Å². The number of benzene rings is 2. The first-order valence-electron chi connectivity index (χ1n) is 29.9. The fourth-order valence-electron chi connectivity index (χ4n) is 8.47. The molecule has 32 nitrogen and oxygen atoms in total. The number of ether oxygens (including phenoxy) is 1. The molecule has 0 atom stereocenters. The molecule has 0 unspecified atom stereocenters. The van der Waals surface area contributed by atoms with Gasteiger partial charge in [0, 0.05) is 103 Å². The van der Waals surface area contributed by atoms with Crippen molar-refractivity contribution in [3.63, 3.8) is 0 Å². The number of aromatic nitrogens is 9. The van der Waals surface area contributed by atoms with Crippen LogP contribution >= 0.6 is 0 Å². The van der Waals surface area contributed by atoms with Crippen LogP contribution in [0.5, 0.6) is 0 Å². The molecule has 102 heavy (non-hydrogen) atoms. The minimum atomic E-state index is -0.551. The minimum Gasteiger partial charge on any atom is -0.383 e. The van der Waals surface area contributed by atoms with Gasteiger partial charge in [0.2, 0.25) is 0 Å². The number of anilines is 6. The third kappa shape index (κ3) is 21.6. The van der Waals surface area contributed by atoms with Crippen LogP contribution in [0.25, 0.3) is 0 Å². The second kappa shape index (κ2) is 34.9. The first-order chi connectivity index (χ1) is 49.0. The van der Waals surface area contributed by atoms with E-state index in [0.29, 0.717) is 58.2 Å². The van der Waals surface area contributed by atoms with Crippen LogP contribution in [0.3, 0.4) is 0 Å². The lowest BCUT2D eigenvalue weighted by Crippen LogP contribution is -2.36. The van der Waals surface area contributed by atoms with Crippen LogP contribution in [0, 0.1) is 128 Å². The van der Waals surface area contributed by atoms with Gasteiger partial charge < -0.3 is 38.3 Å². The van der Waals surface area contributed by atoms with Gasteiger partial charge in [0.25, 0.3) is 28.4 Å². The highest BCUT2D eigenvalue weighted by molar-refractivity contribution is 5.62. The molecule has 1 aliphatic heterocycles. The standard InChI is InChI=1S/C16H15N5O3.C15H12N4O2.C15H10N4O2.C13H9N3O2.C11H9N5O2/c17-16-13(10-14(11-19-16)21(22)23)2-1-12-3-4-18-15(9-12)20-5-7-24-8-6-20;16-15-12(8-13(9-18-15)19(20)21)2-1-10-5-6-17-14(7-10)11-3-4-11;1-10-6-11(8-16)2-3-12(10)4-5-13-7-14(19(20)21)9-18-15(13)17;14-13-11(8-12(9-15-13)16(17)18)7-6-10-4-2-1-3-5-10;1-15-5-4-9(14-15)3-2-8-6-10(16(17)18)7-13-11(8)12/h3-4,9-11H,5-8H2,(H2,17,19);5-9,11H,3-4H2,(H2,16,18);2-3,6-7,9H,1H3,(H2,17,18);1-5,8-9H,(H2,14,15);4-7H,1H3,(H2,12,13). The van der Waals surface area contributed by atoms with Crippen LogP contribution in [-0.4, -0.2) is 95.6 Å². The Kier molecular flexibility index (Phi) is 24.9. The van der Waals surface area contributed by atoms with Crippen molar-refractivity contribution in [2.45, 2.75) is 25.7 Å². The Bertz CT molecular complexity index is 5230. The van der Waals surface area contributed by atoms with Gasteiger partial charge >= 0.3 is 0 Å². The van der Waals surface area contributed by atoms with Crippen molar-refractivity contribution in [3.8, 4) is 65.3 Å². The number of nitrogen functional groups attached to an aromatic ring is 5. The lowest BCUT2D eigenvalue weighted by Gasteiger charge is -2.27. The number of morpholine rings is 1. The zero-order valence-corrected chi connectivity index (χ0v) is 53.9. The quantitative estimate of drug-likeness (QED) is 0.0569. The van der Waals surface area contributed by atoms with Crippen molar-refractivity contribution in [2.75, 3.05) is 59.9 Å². The molecule has 2 aromatic carbocycles. The molecule has 0 bridgehead atoms. The van der Waals surface area contributed by atoms with Crippen LogP contribution in [0.4, 0.5) is 63.3 Å². The molecular weight excluding hydrogens is 1310 g/mol. The van der Waals surface area contributed by atoms with E-state index in [2.05, 4.69) is 104 Å². The summed E-state index contributed by atoms with van der Waals surface area (Å²) >= 11 is 0. The number of hydrogen-bond acceptors (Lipinski definition) is 26. The lowest BCUT2D eigenvalue weighted by atomic mass is 10.1. The highest BCUT2D eigenvalue weighted by Crippen LogP contribution is 2.39. The molecule has 0 amide bonds. The summed E-state index contributed by atoms with van der Waals surface area (Å²) in [6.07, 6.45) is 13.0. The Morgan fingerprint density at radius 1 is 0.451 bits per heavy atom. The maximum Gasteiger partial charge on any atom is 0.288 e. The van der Waals surface area contributed by atoms with Gasteiger partial charge in [0.1, 0.15) is 71.6 Å². The summed E-state index contributed by atoms with van der Waals surface area (Å²) in [6.45, 7) is 4.75. The zero-order chi connectivity index (χ0) is 73.2. The largest absolute Gasteiger partial charge is 0.383 e. The second-order valence-corrected chi connectivity index (χ2v) is 21.3. The lowest BCUT2D eigenvalue weighted by molar-refractivity contribution is -0.385. The van der Waals surface area contributed by atoms with Crippen LogP contribution in [0.15, 0.2) is 159 Å². The van der Waals surface area contributed by atoms with Crippen molar-refractivity contribution in [1.29, 1.82) is 5.26 Å². The highest BCUT2D eigenvalue weighted by Gasteiger charge is 2.25. The van der Waals surface area contributed by atoms with E-state index in [-0.39, 0.29) is 57.5 Å². The zero-order valence-electron chi connectivity index (χ0n) is 53.9. The average molecular weight is 1370 g/mol. The van der Waals surface area contributed by atoms with E-state index < -0.39 is 24.6 Å². The van der Waals surface area contributed by atoms with Crippen LogP contribution < -0.4 is 33.6 Å². The molecule has 10 aromatic rings. The van der Waals surface area contributed by atoms with Gasteiger partial charge in [-0.2, -0.15) is 10.4 Å². The number of hydrogen-bond donors (Lipinski definition) is 5. The van der Waals surface area contributed by atoms with E-state index in [0.717, 1.165) is 83.4 Å². The Morgan fingerprint density at radius 3 is 1.25 bits per heavy atom. The fourth-order valence-corrected chi connectivity index (χ4v) is 8.47. The minimum absolute atomic E-state index is 0.123. The normalized spacial score (nSPS) is 11.3. The molecule has 9 heterocycles. The van der Waals surface area contributed by atoms with Crippen molar-refractivity contribution in [1.82, 2.24) is 44.7 Å². The van der Waals surface area contributed by atoms with Crippen molar-refractivity contribution in [2.24, 2.45) is 7.05 Å². The van der Waals surface area contributed by atoms with Crippen molar-refractivity contribution >= 4 is 63.3 Å². The third-order valence-corrected chi connectivity index (χ3v) is 14.0. The molecule has 32 heteroatoms. The molecule has 1 aliphatic carbocycles. The topological polar surface area (TPSA) is 490 Å².